The first kappa shape index (κ1) is 16.7. The van der Waals surface area contributed by atoms with Crippen LogP contribution in [0.3, 0.4) is 0 Å². The number of hydrogen-bond donors (Lipinski definition) is 1. The van der Waals surface area contributed by atoms with E-state index in [4.69, 9.17) is 4.74 Å². The molecule has 1 aliphatic rings. The molecule has 0 aromatic carbocycles. The van der Waals surface area contributed by atoms with Gasteiger partial charge in [-0.1, -0.05) is 12.8 Å². The standard InChI is InChI=1S/C14H24FNO4/c1-13(2,3)20-12(18)16-10(11(17)19-4)9-14(15)7-5-6-8-14/h10H,5-9H2,1-4H3,(H,16,18)/t10-/m0/s1. The second-order valence-corrected chi connectivity index (χ2v) is 6.28. The Balaban J connectivity index is 2.65. The molecule has 0 unspecified atom stereocenters. The molecule has 1 rings (SSSR count). The van der Waals surface area contributed by atoms with Gasteiger partial charge in [-0.3, -0.25) is 0 Å². The summed E-state index contributed by atoms with van der Waals surface area (Å²) < 4.78 is 24.2. The quantitative estimate of drug-likeness (QED) is 0.808. The number of alkyl halides is 1. The van der Waals surface area contributed by atoms with Crippen LogP contribution >= 0.6 is 0 Å². The van der Waals surface area contributed by atoms with Gasteiger partial charge >= 0.3 is 12.1 Å². The summed E-state index contributed by atoms with van der Waals surface area (Å²) in [5.41, 5.74) is -2.08. The molecule has 0 radical (unpaired) electrons. The van der Waals surface area contributed by atoms with Crippen LogP contribution in [0.5, 0.6) is 0 Å². The highest BCUT2D eigenvalue weighted by Crippen LogP contribution is 2.37. The number of alkyl carbamates (subject to hydrolysis) is 1. The maximum Gasteiger partial charge on any atom is 0.408 e. The molecule has 5 nitrogen and oxygen atoms in total. The summed E-state index contributed by atoms with van der Waals surface area (Å²) in [6, 6.07) is -1.02. The van der Waals surface area contributed by atoms with E-state index in [0.717, 1.165) is 12.8 Å². The van der Waals surface area contributed by atoms with Crippen molar-refractivity contribution >= 4 is 12.1 Å². The first-order chi connectivity index (χ1) is 9.15. The largest absolute Gasteiger partial charge is 0.467 e. The average Bonchev–Trinajstić information content (AvgIpc) is 2.71. The minimum atomic E-state index is -1.41. The SMILES string of the molecule is COC(=O)[C@H](CC1(F)CCCC1)NC(=O)OC(C)(C)C. The Morgan fingerprint density at radius 2 is 1.85 bits per heavy atom. The number of carbonyl (C=O) groups excluding carboxylic acids is 2. The number of halogens is 1. The first-order valence-electron chi connectivity index (χ1n) is 6.91. The zero-order chi connectivity index (χ0) is 15.4. The van der Waals surface area contributed by atoms with Crippen LogP contribution in [0.15, 0.2) is 0 Å². The number of hydrogen-bond acceptors (Lipinski definition) is 4. The molecule has 0 bridgehead atoms. The number of esters is 1. The van der Waals surface area contributed by atoms with Crippen LogP contribution in [0.25, 0.3) is 0 Å². The average molecular weight is 289 g/mol. The van der Waals surface area contributed by atoms with E-state index in [-0.39, 0.29) is 6.42 Å². The van der Waals surface area contributed by atoms with Crippen molar-refractivity contribution in [3.8, 4) is 0 Å². The molecule has 6 heteroatoms. The van der Waals surface area contributed by atoms with E-state index in [9.17, 15) is 14.0 Å². The Hall–Kier alpha value is -1.33. The maximum absolute atomic E-state index is 14.4. The predicted octanol–water partition coefficient (Wildman–Crippen LogP) is 2.73. The Bertz CT molecular complexity index is 359. The van der Waals surface area contributed by atoms with Gasteiger partial charge in [-0.15, -0.1) is 0 Å². The van der Waals surface area contributed by atoms with Crippen LogP contribution in [0.2, 0.25) is 0 Å². The molecule has 1 aliphatic carbocycles. The van der Waals surface area contributed by atoms with E-state index in [1.807, 2.05) is 0 Å². The van der Waals surface area contributed by atoms with E-state index >= 15 is 0 Å². The molecule has 0 heterocycles. The van der Waals surface area contributed by atoms with Crippen molar-refractivity contribution < 1.29 is 23.5 Å². The van der Waals surface area contributed by atoms with Gasteiger partial charge in [0.2, 0.25) is 0 Å². The zero-order valence-electron chi connectivity index (χ0n) is 12.6. The number of nitrogens with one attached hydrogen (secondary N) is 1. The third-order valence-corrected chi connectivity index (χ3v) is 3.25. The topological polar surface area (TPSA) is 64.6 Å². The normalized spacial score (nSPS) is 19.2. The summed E-state index contributed by atoms with van der Waals surface area (Å²) >= 11 is 0. The number of rotatable bonds is 4. The Morgan fingerprint density at radius 3 is 2.30 bits per heavy atom. The van der Waals surface area contributed by atoms with E-state index in [1.165, 1.54) is 7.11 Å². The van der Waals surface area contributed by atoms with Crippen molar-refractivity contribution in [3.05, 3.63) is 0 Å². The highest BCUT2D eigenvalue weighted by atomic mass is 19.1. The number of carbonyl (C=O) groups is 2. The summed E-state index contributed by atoms with van der Waals surface area (Å²) in [4.78, 5) is 23.4. The van der Waals surface area contributed by atoms with Gasteiger partial charge in [-0.25, -0.2) is 14.0 Å². The van der Waals surface area contributed by atoms with Crippen LogP contribution < -0.4 is 5.32 Å². The van der Waals surface area contributed by atoms with Crippen LogP contribution in [-0.2, 0) is 14.3 Å². The number of ether oxygens (including phenoxy) is 2. The van der Waals surface area contributed by atoms with Crippen molar-refractivity contribution in [3.63, 3.8) is 0 Å². The van der Waals surface area contributed by atoms with Crippen LogP contribution in [0.4, 0.5) is 9.18 Å². The molecule has 20 heavy (non-hydrogen) atoms. The summed E-state index contributed by atoms with van der Waals surface area (Å²) in [6.07, 6.45) is 1.62. The lowest BCUT2D eigenvalue weighted by Gasteiger charge is -2.26. The fourth-order valence-corrected chi connectivity index (χ4v) is 2.36. The van der Waals surface area contributed by atoms with Gasteiger partial charge in [0.1, 0.15) is 17.3 Å². The van der Waals surface area contributed by atoms with Gasteiger partial charge < -0.3 is 14.8 Å². The molecule has 0 aliphatic heterocycles. The molecular formula is C14H24FNO4. The molecule has 116 valence electrons. The molecule has 1 atom stereocenters. The van der Waals surface area contributed by atoms with E-state index in [0.29, 0.717) is 12.8 Å². The van der Waals surface area contributed by atoms with Gasteiger partial charge in [0.25, 0.3) is 0 Å². The predicted molar refractivity (Wildman–Crippen MR) is 72.1 cm³/mol. The highest BCUT2D eigenvalue weighted by molar-refractivity contribution is 5.81. The monoisotopic (exact) mass is 289 g/mol. The van der Waals surface area contributed by atoms with E-state index < -0.39 is 29.4 Å². The maximum atomic E-state index is 14.4. The fourth-order valence-electron chi connectivity index (χ4n) is 2.36. The Morgan fingerprint density at radius 1 is 1.30 bits per heavy atom. The zero-order valence-corrected chi connectivity index (χ0v) is 12.6. The second-order valence-electron chi connectivity index (χ2n) is 6.28. The Kier molecular flexibility index (Phi) is 5.36. The molecule has 1 amide bonds. The molecule has 0 aromatic heterocycles. The molecule has 0 aromatic rings. The van der Waals surface area contributed by atoms with Crippen LogP contribution in [-0.4, -0.2) is 36.5 Å². The summed E-state index contributed by atoms with van der Waals surface area (Å²) in [7, 11) is 1.21. The third kappa shape index (κ3) is 5.35. The van der Waals surface area contributed by atoms with Crippen LogP contribution in [0, 0.1) is 0 Å². The lowest BCUT2D eigenvalue weighted by Crippen LogP contribution is -2.47. The number of methoxy groups -OCH3 is 1. The highest BCUT2D eigenvalue weighted by Gasteiger charge is 2.39. The van der Waals surface area contributed by atoms with Crippen molar-refractivity contribution in [2.75, 3.05) is 7.11 Å². The van der Waals surface area contributed by atoms with Crippen LogP contribution in [0.1, 0.15) is 52.9 Å². The van der Waals surface area contributed by atoms with Gasteiger partial charge in [-0.2, -0.15) is 0 Å². The number of amides is 1. The third-order valence-electron chi connectivity index (χ3n) is 3.25. The summed E-state index contributed by atoms with van der Waals surface area (Å²) in [5, 5.41) is 2.40. The lowest BCUT2D eigenvalue weighted by molar-refractivity contribution is -0.144. The van der Waals surface area contributed by atoms with Crippen molar-refractivity contribution in [2.24, 2.45) is 0 Å². The van der Waals surface area contributed by atoms with Gasteiger partial charge in [0.15, 0.2) is 0 Å². The summed E-state index contributed by atoms with van der Waals surface area (Å²) in [6.45, 7) is 5.15. The minimum absolute atomic E-state index is 0.0705. The smallest absolute Gasteiger partial charge is 0.408 e. The summed E-state index contributed by atoms with van der Waals surface area (Å²) in [5.74, 6) is -0.653. The molecular weight excluding hydrogens is 265 g/mol. The van der Waals surface area contributed by atoms with Crippen molar-refractivity contribution in [1.29, 1.82) is 0 Å². The first-order valence-corrected chi connectivity index (χ1v) is 6.91. The fraction of sp³-hybridized carbons (Fsp3) is 0.857. The van der Waals surface area contributed by atoms with Crippen molar-refractivity contribution in [2.45, 2.75) is 70.2 Å². The molecule has 0 saturated heterocycles. The lowest BCUT2D eigenvalue weighted by atomic mass is 9.95. The molecule has 1 saturated carbocycles. The second kappa shape index (κ2) is 6.41. The minimum Gasteiger partial charge on any atom is -0.467 e. The van der Waals surface area contributed by atoms with Crippen molar-refractivity contribution in [1.82, 2.24) is 5.32 Å². The van der Waals surface area contributed by atoms with E-state index in [1.54, 1.807) is 20.8 Å². The Labute approximate surface area is 119 Å². The molecule has 0 spiro atoms. The van der Waals surface area contributed by atoms with Gasteiger partial charge in [-0.05, 0) is 33.6 Å². The van der Waals surface area contributed by atoms with Gasteiger partial charge in [0, 0.05) is 6.42 Å². The molecule has 1 N–H and O–H groups in total. The van der Waals surface area contributed by atoms with E-state index in [2.05, 4.69) is 10.1 Å². The van der Waals surface area contributed by atoms with Gasteiger partial charge in [0.05, 0.1) is 7.11 Å². The molecule has 1 fully saturated rings.